The number of hydrogen-bond acceptors (Lipinski definition) is 4. The standard InChI is InChI=1S/C21H22F3NO3/c1-4-27-20(26)18-10-16(14-7-5-12(2)9-17(14)22)15-8-6-13(11-21(3,23)24)28-19(15)25-18/h5,7,9-10,13H,4,6,8,11H2,1-3H3/t13-/m0/s1. The second-order valence-electron chi connectivity index (χ2n) is 7.10. The largest absolute Gasteiger partial charge is 0.474 e. The van der Waals surface area contributed by atoms with Crippen LogP contribution in [0, 0.1) is 12.7 Å². The summed E-state index contributed by atoms with van der Waals surface area (Å²) in [4.78, 5) is 16.4. The van der Waals surface area contributed by atoms with Crippen molar-refractivity contribution in [3.8, 4) is 17.0 Å². The first-order chi connectivity index (χ1) is 13.2. The Morgan fingerprint density at radius 3 is 2.71 bits per heavy atom. The third-order valence-electron chi connectivity index (χ3n) is 4.57. The molecule has 4 nitrogen and oxygen atoms in total. The van der Waals surface area contributed by atoms with Gasteiger partial charge in [-0.2, -0.15) is 0 Å². The second kappa shape index (κ2) is 7.81. The van der Waals surface area contributed by atoms with Gasteiger partial charge in [0.15, 0.2) is 5.69 Å². The predicted molar refractivity (Wildman–Crippen MR) is 98.3 cm³/mol. The van der Waals surface area contributed by atoms with E-state index >= 15 is 0 Å². The van der Waals surface area contributed by atoms with Gasteiger partial charge in [0, 0.05) is 17.5 Å². The summed E-state index contributed by atoms with van der Waals surface area (Å²) in [7, 11) is 0. The highest BCUT2D eigenvalue weighted by atomic mass is 19.3. The lowest BCUT2D eigenvalue weighted by Crippen LogP contribution is -2.30. The first kappa shape index (κ1) is 20.2. The van der Waals surface area contributed by atoms with Gasteiger partial charge in [-0.3, -0.25) is 0 Å². The Morgan fingerprint density at radius 2 is 2.07 bits per heavy atom. The summed E-state index contributed by atoms with van der Waals surface area (Å²) in [5.74, 6) is -3.91. The quantitative estimate of drug-likeness (QED) is 0.662. The fourth-order valence-corrected chi connectivity index (χ4v) is 3.34. The van der Waals surface area contributed by atoms with E-state index < -0.39 is 30.2 Å². The van der Waals surface area contributed by atoms with Crippen LogP contribution < -0.4 is 4.74 Å². The lowest BCUT2D eigenvalue weighted by atomic mass is 9.92. The Labute approximate surface area is 161 Å². The molecule has 0 saturated heterocycles. The van der Waals surface area contributed by atoms with E-state index in [4.69, 9.17) is 9.47 Å². The molecule has 1 atom stereocenters. The number of carbonyl (C=O) groups excluding carboxylic acids is 1. The SMILES string of the molecule is CCOC(=O)c1cc(-c2ccc(C)cc2F)c2c(n1)O[C@H](CC(C)(F)F)CC2. The zero-order valence-electron chi connectivity index (χ0n) is 16.0. The van der Waals surface area contributed by atoms with Crippen molar-refractivity contribution in [3.05, 3.63) is 46.9 Å². The molecule has 0 radical (unpaired) electrons. The summed E-state index contributed by atoms with van der Waals surface area (Å²) in [5, 5.41) is 0. The van der Waals surface area contributed by atoms with Gasteiger partial charge in [0.2, 0.25) is 11.8 Å². The molecule has 1 aliphatic rings. The van der Waals surface area contributed by atoms with Crippen LogP contribution in [-0.4, -0.2) is 29.6 Å². The fourth-order valence-electron chi connectivity index (χ4n) is 3.34. The minimum Gasteiger partial charge on any atom is -0.474 e. The highest BCUT2D eigenvalue weighted by Crippen LogP contribution is 2.38. The van der Waals surface area contributed by atoms with Gasteiger partial charge in [-0.25, -0.2) is 22.9 Å². The molecule has 2 heterocycles. The van der Waals surface area contributed by atoms with Crippen molar-refractivity contribution < 1.29 is 27.4 Å². The zero-order chi connectivity index (χ0) is 20.5. The van der Waals surface area contributed by atoms with Gasteiger partial charge in [0.25, 0.3) is 0 Å². The number of esters is 1. The van der Waals surface area contributed by atoms with Crippen LogP contribution in [0.5, 0.6) is 5.88 Å². The fraction of sp³-hybridized carbons (Fsp3) is 0.429. The van der Waals surface area contributed by atoms with Gasteiger partial charge in [0.05, 0.1) is 6.61 Å². The second-order valence-corrected chi connectivity index (χ2v) is 7.10. The Balaban J connectivity index is 2.08. The molecule has 0 fully saturated rings. The van der Waals surface area contributed by atoms with Crippen molar-refractivity contribution in [2.45, 2.75) is 52.1 Å². The highest BCUT2D eigenvalue weighted by molar-refractivity contribution is 5.90. The van der Waals surface area contributed by atoms with Crippen LogP contribution in [0.2, 0.25) is 0 Å². The number of aryl methyl sites for hydroxylation is 1. The molecule has 0 amide bonds. The molecule has 0 unspecified atom stereocenters. The van der Waals surface area contributed by atoms with Crippen molar-refractivity contribution in [3.63, 3.8) is 0 Å². The average molecular weight is 393 g/mol. The number of nitrogens with zero attached hydrogens (tertiary/aromatic N) is 1. The van der Waals surface area contributed by atoms with E-state index in [1.54, 1.807) is 26.0 Å². The van der Waals surface area contributed by atoms with Crippen molar-refractivity contribution in [2.24, 2.45) is 0 Å². The molecule has 150 valence electrons. The maximum Gasteiger partial charge on any atom is 0.357 e. The number of aromatic nitrogens is 1. The molecule has 3 rings (SSSR count). The lowest BCUT2D eigenvalue weighted by Gasteiger charge is -2.28. The Bertz CT molecular complexity index is 893. The van der Waals surface area contributed by atoms with E-state index in [0.29, 0.717) is 29.5 Å². The van der Waals surface area contributed by atoms with Crippen molar-refractivity contribution in [1.82, 2.24) is 4.98 Å². The number of fused-ring (bicyclic) bond motifs is 1. The number of hydrogen-bond donors (Lipinski definition) is 0. The van der Waals surface area contributed by atoms with E-state index in [1.165, 1.54) is 12.1 Å². The molecule has 1 aliphatic heterocycles. The molecule has 0 N–H and O–H groups in total. The zero-order valence-corrected chi connectivity index (χ0v) is 16.0. The topological polar surface area (TPSA) is 48.4 Å². The van der Waals surface area contributed by atoms with Crippen molar-refractivity contribution in [2.75, 3.05) is 6.61 Å². The number of pyridine rings is 1. The summed E-state index contributed by atoms with van der Waals surface area (Å²) < 4.78 is 52.1. The van der Waals surface area contributed by atoms with Crippen LogP contribution >= 0.6 is 0 Å². The Kier molecular flexibility index (Phi) is 5.63. The summed E-state index contributed by atoms with van der Waals surface area (Å²) in [5.41, 5.74) is 2.09. The Morgan fingerprint density at radius 1 is 1.32 bits per heavy atom. The maximum absolute atomic E-state index is 14.6. The van der Waals surface area contributed by atoms with E-state index in [0.717, 1.165) is 12.5 Å². The van der Waals surface area contributed by atoms with E-state index in [2.05, 4.69) is 4.98 Å². The van der Waals surface area contributed by atoms with Crippen LogP contribution in [0.1, 0.15) is 48.3 Å². The summed E-state index contributed by atoms with van der Waals surface area (Å²) in [6, 6.07) is 6.26. The Hall–Kier alpha value is -2.57. The van der Waals surface area contributed by atoms with Crippen molar-refractivity contribution in [1.29, 1.82) is 0 Å². The maximum atomic E-state index is 14.6. The molecule has 1 aromatic carbocycles. The van der Waals surface area contributed by atoms with Crippen LogP contribution in [0.3, 0.4) is 0 Å². The summed E-state index contributed by atoms with van der Waals surface area (Å²) in [6.45, 7) is 4.42. The minimum absolute atomic E-state index is 0.0421. The molecule has 2 aromatic rings. The first-order valence-corrected chi connectivity index (χ1v) is 9.20. The normalized spacial score (nSPS) is 16.3. The van der Waals surface area contributed by atoms with Crippen LogP contribution in [-0.2, 0) is 11.2 Å². The molecular weight excluding hydrogens is 371 g/mol. The molecule has 0 bridgehead atoms. The third-order valence-corrected chi connectivity index (χ3v) is 4.57. The number of ether oxygens (including phenoxy) is 2. The number of benzene rings is 1. The summed E-state index contributed by atoms with van der Waals surface area (Å²) in [6.07, 6.45) is -0.425. The van der Waals surface area contributed by atoms with Crippen LogP contribution in [0.15, 0.2) is 24.3 Å². The number of alkyl halides is 2. The van der Waals surface area contributed by atoms with Gasteiger partial charge in [-0.1, -0.05) is 12.1 Å². The van der Waals surface area contributed by atoms with Gasteiger partial charge >= 0.3 is 5.97 Å². The van der Waals surface area contributed by atoms with Crippen LogP contribution in [0.25, 0.3) is 11.1 Å². The van der Waals surface area contributed by atoms with Gasteiger partial charge < -0.3 is 9.47 Å². The van der Waals surface area contributed by atoms with Crippen LogP contribution in [0.4, 0.5) is 13.2 Å². The average Bonchev–Trinajstić information content (AvgIpc) is 2.59. The highest BCUT2D eigenvalue weighted by Gasteiger charge is 2.33. The number of halogens is 3. The van der Waals surface area contributed by atoms with E-state index in [1.807, 2.05) is 0 Å². The summed E-state index contributed by atoms with van der Waals surface area (Å²) >= 11 is 0. The van der Waals surface area contributed by atoms with E-state index in [9.17, 15) is 18.0 Å². The number of carbonyl (C=O) groups is 1. The number of rotatable bonds is 5. The first-order valence-electron chi connectivity index (χ1n) is 9.20. The molecule has 0 saturated carbocycles. The molecule has 0 aliphatic carbocycles. The molecule has 28 heavy (non-hydrogen) atoms. The predicted octanol–water partition coefficient (Wildman–Crippen LogP) is 5.11. The van der Waals surface area contributed by atoms with Crippen molar-refractivity contribution >= 4 is 5.97 Å². The van der Waals surface area contributed by atoms with Gasteiger partial charge in [-0.15, -0.1) is 0 Å². The minimum atomic E-state index is -2.88. The smallest absolute Gasteiger partial charge is 0.357 e. The molecular formula is C21H22F3NO3. The lowest BCUT2D eigenvalue weighted by molar-refractivity contribution is -0.0265. The van der Waals surface area contributed by atoms with Gasteiger partial charge in [0.1, 0.15) is 11.9 Å². The third kappa shape index (κ3) is 4.46. The van der Waals surface area contributed by atoms with E-state index in [-0.39, 0.29) is 18.2 Å². The molecule has 0 spiro atoms. The molecule has 1 aromatic heterocycles. The molecule has 7 heteroatoms. The van der Waals surface area contributed by atoms with Gasteiger partial charge in [-0.05, 0) is 56.9 Å². The monoisotopic (exact) mass is 393 g/mol.